The summed E-state index contributed by atoms with van der Waals surface area (Å²) in [6, 6.07) is 10.7. The van der Waals surface area contributed by atoms with Crippen molar-refractivity contribution in [3.63, 3.8) is 0 Å². The fourth-order valence-corrected chi connectivity index (χ4v) is 2.69. The second kappa shape index (κ2) is 7.23. The fourth-order valence-electron chi connectivity index (χ4n) is 2.09. The second-order valence-electron chi connectivity index (χ2n) is 5.35. The number of rotatable bonds is 5. The van der Waals surface area contributed by atoms with E-state index in [2.05, 4.69) is 15.3 Å². The molecule has 0 saturated heterocycles. The minimum absolute atomic E-state index is 0.221. The summed E-state index contributed by atoms with van der Waals surface area (Å²) in [7, 11) is 0. The van der Waals surface area contributed by atoms with Crippen LogP contribution in [-0.2, 0) is 6.61 Å². The molecule has 24 heavy (non-hydrogen) atoms. The Balaban J connectivity index is 1.65. The Morgan fingerprint density at radius 1 is 1.25 bits per heavy atom. The zero-order valence-corrected chi connectivity index (χ0v) is 14.3. The van der Waals surface area contributed by atoms with E-state index in [9.17, 15) is 4.79 Å². The lowest BCUT2D eigenvalue weighted by Crippen LogP contribution is -2.13. The first kappa shape index (κ1) is 16.1. The molecule has 1 N–H and O–H groups in total. The van der Waals surface area contributed by atoms with E-state index in [1.807, 2.05) is 31.4 Å². The van der Waals surface area contributed by atoms with Gasteiger partial charge in [-0.05, 0) is 43.7 Å². The molecule has 3 rings (SSSR count). The quantitative estimate of drug-likeness (QED) is 0.763. The van der Waals surface area contributed by atoms with E-state index in [1.54, 1.807) is 41.8 Å². The standard InChI is InChI=1S/C18H17N3O2S/c1-12-6-7-17(19-9-12)21-18(22)14-4-3-5-16(8-14)23-10-15-11-24-13(2)20-15/h3-9,11H,10H2,1-2H3,(H,19,21,22). The first-order valence-electron chi connectivity index (χ1n) is 7.48. The fraction of sp³-hybridized carbons (Fsp3) is 0.167. The second-order valence-corrected chi connectivity index (χ2v) is 6.41. The number of anilines is 1. The highest BCUT2D eigenvalue weighted by Crippen LogP contribution is 2.17. The molecule has 0 aliphatic carbocycles. The Kier molecular flexibility index (Phi) is 4.86. The Bertz CT molecular complexity index is 843. The highest BCUT2D eigenvalue weighted by atomic mass is 32.1. The molecule has 0 bridgehead atoms. The van der Waals surface area contributed by atoms with Gasteiger partial charge in [0, 0.05) is 17.1 Å². The van der Waals surface area contributed by atoms with Gasteiger partial charge in [-0.1, -0.05) is 12.1 Å². The summed E-state index contributed by atoms with van der Waals surface area (Å²) < 4.78 is 5.71. The molecule has 1 aromatic carbocycles. The summed E-state index contributed by atoms with van der Waals surface area (Å²) >= 11 is 1.59. The molecule has 0 saturated carbocycles. The number of aromatic nitrogens is 2. The third kappa shape index (κ3) is 4.17. The number of aryl methyl sites for hydroxylation is 2. The minimum Gasteiger partial charge on any atom is -0.487 e. The number of ether oxygens (including phenoxy) is 1. The van der Waals surface area contributed by atoms with E-state index >= 15 is 0 Å². The molecule has 1 amide bonds. The molecule has 0 aliphatic rings. The van der Waals surface area contributed by atoms with Crippen molar-refractivity contribution < 1.29 is 9.53 Å². The summed E-state index contributed by atoms with van der Waals surface area (Å²) in [5.41, 5.74) is 2.45. The number of hydrogen-bond acceptors (Lipinski definition) is 5. The number of thiazole rings is 1. The van der Waals surface area contributed by atoms with Crippen LogP contribution in [-0.4, -0.2) is 15.9 Å². The summed E-state index contributed by atoms with van der Waals surface area (Å²) in [6.07, 6.45) is 1.71. The third-order valence-electron chi connectivity index (χ3n) is 3.30. The van der Waals surface area contributed by atoms with Crippen LogP contribution in [0.5, 0.6) is 5.75 Å². The van der Waals surface area contributed by atoms with Gasteiger partial charge in [0.2, 0.25) is 0 Å². The number of benzene rings is 1. The number of carbonyl (C=O) groups excluding carboxylic acids is 1. The van der Waals surface area contributed by atoms with Crippen molar-refractivity contribution in [3.8, 4) is 5.75 Å². The lowest BCUT2D eigenvalue weighted by Gasteiger charge is -2.08. The number of pyridine rings is 1. The van der Waals surface area contributed by atoms with Crippen molar-refractivity contribution >= 4 is 23.1 Å². The van der Waals surface area contributed by atoms with E-state index in [4.69, 9.17) is 4.74 Å². The Hall–Kier alpha value is -2.73. The van der Waals surface area contributed by atoms with Crippen molar-refractivity contribution in [1.82, 2.24) is 9.97 Å². The van der Waals surface area contributed by atoms with E-state index < -0.39 is 0 Å². The van der Waals surface area contributed by atoms with E-state index in [1.165, 1.54) is 0 Å². The predicted molar refractivity (Wildman–Crippen MR) is 94.6 cm³/mol. The van der Waals surface area contributed by atoms with Crippen molar-refractivity contribution in [2.24, 2.45) is 0 Å². The van der Waals surface area contributed by atoms with Gasteiger partial charge in [0.05, 0.1) is 10.7 Å². The van der Waals surface area contributed by atoms with E-state index in [-0.39, 0.29) is 5.91 Å². The minimum atomic E-state index is -0.221. The van der Waals surface area contributed by atoms with E-state index in [0.717, 1.165) is 16.3 Å². The zero-order valence-electron chi connectivity index (χ0n) is 13.4. The van der Waals surface area contributed by atoms with Crippen LogP contribution in [0.25, 0.3) is 0 Å². The highest BCUT2D eigenvalue weighted by molar-refractivity contribution is 7.09. The number of carbonyl (C=O) groups is 1. The number of nitrogens with one attached hydrogen (secondary N) is 1. The van der Waals surface area contributed by atoms with E-state index in [0.29, 0.717) is 23.7 Å². The van der Waals surface area contributed by atoms with Crippen molar-refractivity contribution in [3.05, 3.63) is 69.8 Å². The van der Waals surface area contributed by atoms with Crippen molar-refractivity contribution in [1.29, 1.82) is 0 Å². The van der Waals surface area contributed by atoms with Gasteiger partial charge in [0.25, 0.3) is 5.91 Å². The van der Waals surface area contributed by atoms with Crippen LogP contribution in [0.1, 0.15) is 26.6 Å². The number of nitrogens with zero attached hydrogens (tertiary/aromatic N) is 2. The molecule has 0 aliphatic heterocycles. The molecule has 122 valence electrons. The number of amides is 1. The average Bonchev–Trinajstić information content (AvgIpc) is 3.01. The molecule has 3 aromatic rings. The zero-order chi connectivity index (χ0) is 16.9. The van der Waals surface area contributed by atoms with Gasteiger partial charge < -0.3 is 10.1 Å². The van der Waals surface area contributed by atoms with Crippen molar-refractivity contribution in [2.45, 2.75) is 20.5 Å². The molecular formula is C18H17N3O2S. The lowest BCUT2D eigenvalue weighted by molar-refractivity contribution is 0.102. The molecular weight excluding hydrogens is 322 g/mol. The predicted octanol–water partition coefficient (Wildman–Crippen LogP) is 3.99. The summed E-state index contributed by atoms with van der Waals surface area (Å²) in [5.74, 6) is 0.932. The maximum absolute atomic E-state index is 12.3. The van der Waals surface area contributed by atoms with Gasteiger partial charge in [0.15, 0.2) is 0 Å². The first-order chi connectivity index (χ1) is 11.6. The molecule has 6 heteroatoms. The molecule has 0 fully saturated rings. The van der Waals surface area contributed by atoms with Gasteiger partial charge in [-0.25, -0.2) is 9.97 Å². The number of hydrogen-bond donors (Lipinski definition) is 1. The molecule has 2 aromatic heterocycles. The maximum Gasteiger partial charge on any atom is 0.256 e. The molecule has 0 radical (unpaired) electrons. The smallest absolute Gasteiger partial charge is 0.256 e. The summed E-state index contributed by atoms with van der Waals surface area (Å²) in [4.78, 5) is 20.8. The largest absolute Gasteiger partial charge is 0.487 e. The SMILES string of the molecule is Cc1ccc(NC(=O)c2cccc(OCc3csc(C)n3)c2)nc1. The Morgan fingerprint density at radius 2 is 2.12 bits per heavy atom. The van der Waals surface area contributed by atoms with Crippen LogP contribution in [0.2, 0.25) is 0 Å². The van der Waals surface area contributed by atoms with Crippen LogP contribution < -0.4 is 10.1 Å². The molecule has 0 unspecified atom stereocenters. The van der Waals surface area contributed by atoms with Crippen LogP contribution in [0.4, 0.5) is 5.82 Å². The van der Waals surface area contributed by atoms with Crippen LogP contribution >= 0.6 is 11.3 Å². The van der Waals surface area contributed by atoms with Crippen LogP contribution in [0.3, 0.4) is 0 Å². The maximum atomic E-state index is 12.3. The van der Waals surface area contributed by atoms with Gasteiger partial charge in [-0.2, -0.15) is 0 Å². The molecule has 2 heterocycles. The Morgan fingerprint density at radius 3 is 2.83 bits per heavy atom. The topological polar surface area (TPSA) is 64.1 Å². The van der Waals surface area contributed by atoms with Gasteiger partial charge in [-0.15, -0.1) is 11.3 Å². The monoisotopic (exact) mass is 339 g/mol. The van der Waals surface area contributed by atoms with Crippen LogP contribution in [0.15, 0.2) is 48.0 Å². The molecule has 0 spiro atoms. The average molecular weight is 339 g/mol. The Labute approximate surface area is 144 Å². The third-order valence-corrected chi connectivity index (χ3v) is 4.12. The van der Waals surface area contributed by atoms with Crippen molar-refractivity contribution in [2.75, 3.05) is 5.32 Å². The first-order valence-corrected chi connectivity index (χ1v) is 8.36. The summed E-state index contributed by atoms with van der Waals surface area (Å²) in [6.45, 7) is 4.29. The normalized spacial score (nSPS) is 10.4. The summed E-state index contributed by atoms with van der Waals surface area (Å²) in [5, 5.41) is 5.75. The molecule has 5 nitrogen and oxygen atoms in total. The van der Waals surface area contributed by atoms with Gasteiger partial charge in [-0.3, -0.25) is 4.79 Å². The molecule has 0 atom stereocenters. The lowest BCUT2D eigenvalue weighted by atomic mass is 10.2. The van der Waals surface area contributed by atoms with Gasteiger partial charge in [0.1, 0.15) is 18.2 Å². The highest BCUT2D eigenvalue weighted by Gasteiger charge is 2.08. The van der Waals surface area contributed by atoms with Gasteiger partial charge >= 0.3 is 0 Å². The van der Waals surface area contributed by atoms with Crippen LogP contribution in [0, 0.1) is 13.8 Å².